The quantitative estimate of drug-likeness (QED) is 0.389. The smallest absolute Gasteiger partial charge is 0.263 e. The summed E-state index contributed by atoms with van der Waals surface area (Å²) in [7, 11) is 0. The molecule has 0 aliphatic carbocycles. The minimum atomic E-state index is -0.342. The molecular formula is C27H22FN5O3. The van der Waals surface area contributed by atoms with Gasteiger partial charge in [-0.15, -0.1) is 0 Å². The van der Waals surface area contributed by atoms with Gasteiger partial charge in [-0.3, -0.25) is 9.59 Å². The number of amides is 1. The number of nitrogens with zero attached hydrogens (tertiary/aromatic N) is 4. The Balaban J connectivity index is 1.48. The van der Waals surface area contributed by atoms with E-state index in [9.17, 15) is 14.0 Å². The molecular weight excluding hydrogens is 461 g/mol. The molecule has 0 saturated carbocycles. The van der Waals surface area contributed by atoms with Crippen LogP contribution in [-0.4, -0.2) is 25.6 Å². The molecule has 0 bridgehead atoms. The summed E-state index contributed by atoms with van der Waals surface area (Å²) in [5.41, 5.74) is 3.55. The van der Waals surface area contributed by atoms with Gasteiger partial charge in [0.2, 0.25) is 17.2 Å². The number of halogens is 1. The molecule has 9 heteroatoms. The zero-order valence-corrected chi connectivity index (χ0v) is 19.7. The number of hydrogen-bond acceptors (Lipinski definition) is 6. The first-order valence-corrected chi connectivity index (χ1v) is 11.3. The van der Waals surface area contributed by atoms with Crippen LogP contribution in [0.3, 0.4) is 0 Å². The molecule has 3 aromatic heterocycles. The molecule has 8 nitrogen and oxygen atoms in total. The summed E-state index contributed by atoms with van der Waals surface area (Å²) in [5.74, 6) is -0.233. The van der Waals surface area contributed by atoms with Crippen LogP contribution in [0.2, 0.25) is 0 Å². The number of aryl methyl sites for hydroxylation is 2. The first kappa shape index (κ1) is 23.1. The predicted molar refractivity (Wildman–Crippen MR) is 132 cm³/mol. The second-order valence-electron chi connectivity index (χ2n) is 8.52. The largest absolute Gasteiger partial charge is 0.350 e. The Bertz CT molecular complexity index is 1620. The van der Waals surface area contributed by atoms with Crippen LogP contribution in [-0.2, 0) is 17.9 Å². The average Bonchev–Trinajstić information content (AvgIpc) is 3.36. The molecule has 180 valence electrons. The maximum absolute atomic E-state index is 13.3. The van der Waals surface area contributed by atoms with Crippen LogP contribution in [0.25, 0.3) is 33.9 Å². The van der Waals surface area contributed by atoms with Crippen molar-refractivity contribution in [2.75, 3.05) is 0 Å². The Morgan fingerprint density at radius 3 is 2.50 bits per heavy atom. The first-order valence-electron chi connectivity index (χ1n) is 11.3. The van der Waals surface area contributed by atoms with Crippen LogP contribution < -0.4 is 10.7 Å². The van der Waals surface area contributed by atoms with Crippen molar-refractivity contribution in [2.24, 2.45) is 0 Å². The van der Waals surface area contributed by atoms with Gasteiger partial charge < -0.3 is 14.4 Å². The minimum Gasteiger partial charge on any atom is -0.350 e. The third-order valence-corrected chi connectivity index (χ3v) is 5.74. The van der Waals surface area contributed by atoms with Crippen molar-refractivity contribution in [3.63, 3.8) is 0 Å². The number of pyridine rings is 2. The summed E-state index contributed by atoms with van der Waals surface area (Å²) in [6.07, 6.45) is 1.51. The highest BCUT2D eigenvalue weighted by molar-refractivity contribution is 5.83. The van der Waals surface area contributed by atoms with E-state index < -0.39 is 0 Å². The van der Waals surface area contributed by atoms with Gasteiger partial charge in [0, 0.05) is 24.0 Å². The van der Waals surface area contributed by atoms with Crippen LogP contribution in [0.4, 0.5) is 4.39 Å². The number of aromatic nitrogens is 4. The summed E-state index contributed by atoms with van der Waals surface area (Å²) in [4.78, 5) is 35.0. The second kappa shape index (κ2) is 9.53. The zero-order valence-electron chi connectivity index (χ0n) is 19.7. The molecule has 0 radical (unpaired) electrons. The Labute approximate surface area is 205 Å². The number of carbonyl (C=O) groups excluding carboxylic acids is 1. The molecule has 36 heavy (non-hydrogen) atoms. The fourth-order valence-electron chi connectivity index (χ4n) is 3.80. The average molecular weight is 484 g/mol. The SMILES string of the molecule is Cc1ccc(-c2noc(-c3cn(CC(=O)NCc4ccc(F)cc4)c4nc(C)ccc4c3=O)n2)cc1. The Morgan fingerprint density at radius 2 is 1.75 bits per heavy atom. The first-order chi connectivity index (χ1) is 17.4. The van der Waals surface area contributed by atoms with Gasteiger partial charge in [0.1, 0.15) is 23.6 Å². The lowest BCUT2D eigenvalue weighted by molar-refractivity contribution is -0.121. The van der Waals surface area contributed by atoms with E-state index >= 15 is 0 Å². The Kier molecular flexibility index (Phi) is 6.12. The zero-order chi connectivity index (χ0) is 25.2. The van der Waals surface area contributed by atoms with E-state index in [0.29, 0.717) is 22.6 Å². The number of hydrogen-bond donors (Lipinski definition) is 1. The van der Waals surface area contributed by atoms with Crippen molar-refractivity contribution >= 4 is 16.9 Å². The highest BCUT2D eigenvalue weighted by Gasteiger charge is 2.19. The van der Waals surface area contributed by atoms with Gasteiger partial charge in [0.25, 0.3) is 5.89 Å². The molecule has 5 aromatic rings. The minimum absolute atomic E-state index is 0.0542. The van der Waals surface area contributed by atoms with E-state index in [0.717, 1.165) is 16.7 Å². The van der Waals surface area contributed by atoms with Crippen molar-refractivity contribution in [3.05, 3.63) is 99.7 Å². The van der Waals surface area contributed by atoms with Gasteiger partial charge >= 0.3 is 0 Å². The van der Waals surface area contributed by atoms with Crippen molar-refractivity contribution < 1.29 is 13.7 Å². The summed E-state index contributed by atoms with van der Waals surface area (Å²) in [6.45, 7) is 3.93. The van der Waals surface area contributed by atoms with Gasteiger partial charge in [0.05, 0.1) is 5.39 Å². The standard InChI is InChI=1S/C27H22FN5O3/c1-16-3-8-19(9-4-16)25-31-27(36-32-25)22-14-33(26-21(24(22)35)12-5-17(2)30-26)15-23(34)29-13-18-6-10-20(28)11-7-18/h3-12,14H,13,15H2,1-2H3,(H,29,34). The third-order valence-electron chi connectivity index (χ3n) is 5.74. The normalized spacial score (nSPS) is 11.1. The van der Waals surface area contributed by atoms with Crippen molar-refractivity contribution in [2.45, 2.75) is 26.9 Å². The number of carbonyl (C=O) groups is 1. The van der Waals surface area contributed by atoms with Crippen LogP contribution in [0.15, 0.2) is 76.2 Å². The van der Waals surface area contributed by atoms with E-state index in [1.807, 2.05) is 38.1 Å². The van der Waals surface area contributed by atoms with Crippen molar-refractivity contribution in [1.82, 2.24) is 25.0 Å². The van der Waals surface area contributed by atoms with Crippen LogP contribution in [0, 0.1) is 19.7 Å². The van der Waals surface area contributed by atoms with Crippen molar-refractivity contribution in [3.8, 4) is 22.8 Å². The van der Waals surface area contributed by atoms with Gasteiger partial charge in [0.15, 0.2) is 0 Å². The molecule has 0 aliphatic rings. The lowest BCUT2D eigenvalue weighted by Crippen LogP contribution is -2.28. The molecule has 0 atom stereocenters. The number of nitrogens with one attached hydrogen (secondary N) is 1. The topological polar surface area (TPSA) is 103 Å². The van der Waals surface area contributed by atoms with Gasteiger partial charge in [-0.05, 0) is 43.7 Å². The Hall–Kier alpha value is -4.66. The molecule has 0 fully saturated rings. The van der Waals surface area contributed by atoms with E-state index in [2.05, 4.69) is 20.4 Å². The summed E-state index contributed by atoms with van der Waals surface area (Å²) >= 11 is 0. The number of rotatable bonds is 6. The monoisotopic (exact) mass is 483 g/mol. The van der Waals surface area contributed by atoms with E-state index in [4.69, 9.17) is 4.52 Å². The van der Waals surface area contributed by atoms with Gasteiger partial charge in [-0.25, -0.2) is 9.37 Å². The van der Waals surface area contributed by atoms with Crippen LogP contribution >= 0.6 is 0 Å². The molecule has 1 N–H and O–H groups in total. The summed E-state index contributed by atoms with van der Waals surface area (Å²) in [5, 5.41) is 7.18. The van der Waals surface area contributed by atoms with Crippen molar-refractivity contribution in [1.29, 1.82) is 0 Å². The number of fused-ring (bicyclic) bond motifs is 1. The highest BCUT2D eigenvalue weighted by Crippen LogP contribution is 2.22. The fraction of sp³-hybridized carbons (Fsp3) is 0.148. The van der Waals surface area contributed by atoms with E-state index in [1.165, 1.54) is 18.3 Å². The highest BCUT2D eigenvalue weighted by atomic mass is 19.1. The summed E-state index contributed by atoms with van der Waals surface area (Å²) < 4.78 is 20.2. The van der Waals surface area contributed by atoms with Gasteiger partial charge in [-0.1, -0.05) is 47.1 Å². The van der Waals surface area contributed by atoms with Crippen LogP contribution in [0.5, 0.6) is 0 Å². The molecule has 0 spiro atoms. The molecule has 0 saturated heterocycles. The lowest BCUT2D eigenvalue weighted by atomic mass is 10.1. The predicted octanol–water partition coefficient (Wildman–Crippen LogP) is 4.19. The molecule has 0 aliphatic heterocycles. The third kappa shape index (κ3) is 4.76. The number of benzene rings is 2. The van der Waals surface area contributed by atoms with Crippen LogP contribution in [0.1, 0.15) is 16.8 Å². The maximum Gasteiger partial charge on any atom is 0.263 e. The molecule has 5 rings (SSSR count). The summed E-state index contributed by atoms with van der Waals surface area (Å²) in [6, 6.07) is 16.9. The second-order valence-corrected chi connectivity index (χ2v) is 8.52. The fourth-order valence-corrected chi connectivity index (χ4v) is 3.80. The maximum atomic E-state index is 13.3. The Morgan fingerprint density at radius 1 is 1.00 bits per heavy atom. The molecule has 2 aromatic carbocycles. The van der Waals surface area contributed by atoms with E-state index in [1.54, 1.807) is 28.8 Å². The molecule has 1 amide bonds. The lowest BCUT2D eigenvalue weighted by Gasteiger charge is -2.12. The molecule has 0 unspecified atom stereocenters. The van der Waals surface area contributed by atoms with Gasteiger partial charge in [-0.2, -0.15) is 4.98 Å². The molecule has 3 heterocycles. The van der Waals surface area contributed by atoms with E-state index in [-0.39, 0.29) is 41.7 Å².